The second-order valence-electron chi connectivity index (χ2n) is 1.78. The number of ether oxygens (including phenoxy) is 1. The summed E-state index contributed by atoms with van der Waals surface area (Å²) in [5.74, 6) is 0. The average Bonchev–Trinajstić information content (AvgIpc) is 1.98. The van der Waals surface area contributed by atoms with Crippen LogP contribution in [0.25, 0.3) is 0 Å². The minimum atomic E-state index is -1.20. The van der Waals surface area contributed by atoms with Crippen molar-refractivity contribution in [3.8, 4) is 0 Å². The molecule has 4 heteroatoms. The molecule has 3 N–H and O–H groups in total. The molecule has 1 aliphatic heterocycles. The molecule has 0 saturated carbocycles. The molecule has 1 saturated heterocycles. The Morgan fingerprint density at radius 3 is 2.00 bits per heavy atom. The molecule has 4 nitrogen and oxygen atoms in total. The van der Waals surface area contributed by atoms with E-state index in [1.165, 1.54) is 0 Å². The molecular formula is C4H8O4. The minimum Gasteiger partial charge on any atom is -0.388 e. The van der Waals surface area contributed by atoms with Gasteiger partial charge in [0, 0.05) is 0 Å². The Balaban J connectivity index is 2.44. The number of hydrogen-bond donors (Lipinski definition) is 3. The lowest BCUT2D eigenvalue weighted by molar-refractivity contribution is -0.111. The second kappa shape index (κ2) is 1.99. The Bertz CT molecular complexity index is 74.1. The number of aliphatic hydroxyl groups excluding tert-OH is 3. The zero-order chi connectivity index (χ0) is 6.15. The maximum atomic E-state index is 8.64. The lowest BCUT2D eigenvalue weighted by Crippen LogP contribution is -2.29. The van der Waals surface area contributed by atoms with E-state index in [9.17, 15) is 0 Å². The molecular weight excluding hydrogens is 112 g/mol. The van der Waals surface area contributed by atoms with Crippen molar-refractivity contribution < 1.29 is 20.1 Å². The Labute approximate surface area is 46.3 Å². The van der Waals surface area contributed by atoms with E-state index in [-0.39, 0.29) is 6.61 Å². The SMILES string of the molecule is O[C@H]1[C@H](O)OC[C@@H]1O. The fraction of sp³-hybridized carbons (Fsp3) is 1.00. The number of hydrogen-bond acceptors (Lipinski definition) is 4. The van der Waals surface area contributed by atoms with Crippen molar-refractivity contribution in [2.75, 3.05) is 6.61 Å². The number of rotatable bonds is 0. The van der Waals surface area contributed by atoms with Crippen LogP contribution in [0.3, 0.4) is 0 Å². The summed E-state index contributed by atoms with van der Waals surface area (Å²) in [6.07, 6.45) is -3.26. The van der Waals surface area contributed by atoms with Crippen molar-refractivity contribution in [2.24, 2.45) is 0 Å². The predicted octanol–water partition coefficient (Wildman–Crippen LogP) is -1.94. The molecule has 1 fully saturated rings. The first kappa shape index (κ1) is 5.97. The first-order chi connectivity index (χ1) is 3.72. The van der Waals surface area contributed by atoms with Gasteiger partial charge < -0.3 is 20.1 Å². The van der Waals surface area contributed by atoms with Crippen LogP contribution in [-0.2, 0) is 4.74 Å². The van der Waals surface area contributed by atoms with E-state index in [0.29, 0.717) is 0 Å². The van der Waals surface area contributed by atoms with E-state index in [2.05, 4.69) is 4.74 Å². The van der Waals surface area contributed by atoms with Crippen LogP contribution in [0.5, 0.6) is 0 Å². The molecule has 0 aromatic rings. The van der Waals surface area contributed by atoms with E-state index >= 15 is 0 Å². The summed E-state index contributed by atoms with van der Waals surface area (Å²) in [7, 11) is 0. The van der Waals surface area contributed by atoms with Crippen LogP contribution in [0.1, 0.15) is 0 Å². The van der Waals surface area contributed by atoms with Crippen LogP contribution >= 0.6 is 0 Å². The summed E-state index contributed by atoms with van der Waals surface area (Å²) < 4.78 is 4.43. The van der Waals surface area contributed by atoms with Gasteiger partial charge in [0.1, 0.15) is 12.2 Å². The summed E-state index contributed by atoms with van der Waals surface area (Å²) in [5, 5.41) is 25.8. The highest BCUT2D eigenvalue weighted by atomic mass is 16.6. The fourth-order valence-electron chi connectivity index (χ4n) is 0.584. The first-order valence-electron chi connectivity index (χ1n) is 2.37. The Hall–Kier alpha value is -0.160. The summed E-state index contributed by atoms with van der Waals surface area (Å²) in [6, 6.07) is 0. The number of aliphatic hydroxyl groups is 3. The molecule has 0 aromatic heterocycles. The summed E-state index contributed by atoms with van der Waals surface area (Å²) in [4.78, 5) is 0. The van der Waals surface area contributed by atoms with E-state index < -0.39 is 18.5 Å². The van der Waals surface area contributed by atoms with Gasteiger partial charge in [0.05, 0.1) is 6.61 Å². The molecule has 1 rings (SSSR count). The zero-order valence-corrected chi connectivity index (χ0v) is 4.19. The second-order valence-corrected chi connectivity index (χ2v) is 1.78. The molecule has 0 amide bonds. The van der Waals surface area contributed by atoms with Crippen LogP contribution in [0.15, 0.2) is 0 Å². The molecule has 0 aliphatic carbocycles. The van der Waals surface area contributed by atoms with Crippen molar-refractivity contribution in [2.45, 2.75) is 18.5 Å². The van der Waals surface area contributed by atoms with Crippen LogP contribution in [0, 0.1) is 0 Å². The normalized spacial score (nSPS) is 47.6. The van der Waals surface area contributed by atoms with Gasteiger partial charge in [-0.1, -0.05) is 0 Å². The molecule has 48 valence electrons. The Morgan fingerprint density at radius 1 is 1.25 bits per heavy atom. The highest BCUT2D eigenvalue weighted by Gasteiger charge is 2.32. The van der Waals surface area contributed by atoms with Gasteiger partial charge in [-0.15, -0.1) is 0 Å². The lowest BCUT2D eigenvalue weighted by Gasteiger charge is -2.06. The van der Waals surface area contributed by atoms with Gasteiger partial charge in [-0.25, -0.2) is 0 Å². The molecule has 8 heavy (non-hydrogen) atoms. The van der Waals surface area contributed by atoms with E-state index in [4.69, 9.17) is 15.3 Å². The molecule has 0 spiro atoms. The molecule has 1 aliphatic rings. The van der Waals surface area contributed by atoms with Crippen molar-refractivity contribution in [3.63, 3.8) is 0 Å². The molecule has 0 unspecified atom stereocenters. The minimum absolute atomic E-state index is 0.0162. The third-order valence-corrected chi connectivity index (χ3v) is 1.12. The highest BCUT2D eigenvalue weighted by Crippen LogP contribution is 2.10. The first-order valence-corrected chi connectivity index (χ1v) is 2.37. The van der Waals surface area contributed by atoms with Gasteiger partial charge in [0.15, 0.2) is 6.29 Å². The molecule has 0 aromatic carbocycles. The van der Waals surface area contributed by atoms with Gasteiger partial charge in [0.25, 0.3) is 0 Å². The largest absolute Gasteiger partial charge is 0.388 e. The molecule has 0 radical (unpaired) electrons. The Morgan fingerprint density at radius 2 is 1.88 bits per heavy atom. The maximum Gasteiger partial charge on any atom is 0.183 e. The van der Waals surface area contributed by atoms with Crippen molar-refractivity contribution >= 4 is 0 Å². The van der Waals surface area contributed by atoms with Crippen LogP contribution < -0.4 is 0 Å². The monoisotopic (exact) mass is 120 g/mol. The van der Waals surface area contributed by atoms with Crippen LogP contribution in [0.2, 0.25) is 0 Å². The zero-order valence-electron chi connectivity index (χ0n) is 4.19. The van der Waals surface area contributed by atoms with E-state index in [1.807, 2.05) is 0 Å². The van der Waals surface area contributed by atoms with Crippen LogP contribution in [0.4, 0.5) is 0 Å². The standard InChI is InChI=1S/C4H8O4/c5-2-1-8-4(7)3(2)6/h2-7H,1H2/t2-,3+,4+/m0/s1. The predicted molar refractivity (Wildman–Crippen MR) is 24.0 cm³/mol. The summed E-state index contributed by atoms with van der Waals surface area (Å²) in [5.41, 5.74) is 0. The molecule has 1 heterocycles. The summed E-state index contributed by atoms with van der Waals surface area (Å²) >= 11 is 0. The third kappa shape index (κ3) is 0.830. The Kier molecular flexibility index (Phi) is 1.48. The van der Waals surface area contributed by atoms with Gasteiger partial charge >= 0.3 is 0 Å². The molecule has 0 bridgehead atoms. The topological polar surface area (TPSA) is 69.9 Å². The van der Waals surface area contributed by atoms with Crippen molar-refractivity contribution in [1.29, 1.82) is 0 Å². The van der Waals surface area contributed by atoms with Crippen LogP contribution in [-0.4, -0.2) is 40.4 Å². The van der Waals surface area contributed by atoms with E-state index in [0.717, 1.165) is 0 Å². The lowest BCUT2D eigenvalue weighted by atomic mass is 10.2. The van der Waals surface area contributed by atoms with Crippen molar-refractivity contribution in [3.05, 3.63) is 0 Å². The van der Waals surface area contributed by atoms with Gasteiger partial charge in [-0.05, 0) is 0 Å². The average molecular weight is 120 g/mol. The summed E-state index contributed by atoms with van der Waals surface area (Å²) in [6.45, 7) is 0.0162. The highest BCUT2D eigenvalue weighted by molar-refractivity contribution is 4.75. The maximum absolute atomic E-state index is 8.64. The van der Waals surface area contributed by atoms with Gasteiger partial charge in [-0.2, -0.15) is 0 Å². The quantitative estimate of drug-likeness (QED) is 0.348. The smallest absolute Gasteiger partial charge is 0.183 e. The van der Waals surface area contributed by atoms with Crippen molar-refractivity contribution in [1.82, 2.24) is 0 Å². The third-order valence-electron chi connectivity index (χ3n) is 1.12. The van der Waals surface area contributed by atoms with Gasteiger partial charge in [-0.3, -0.25) is 0 Å². The van der Waals surface area contributed by atoms with Gasteiger partial charge in [0.2, 0.25) is 0 Å². The fourth-order valence-corrected chi connectivity index (χ4v) is 0.584. The van der Waals surface area contributed by atoms with E-state index in [1.54, 1.807) is 0 Å². The molecule has 3 atom stereocenters.